The van der Waals surface area contributed by atoms with Crippen LogP contribution < -0.4 is 9.64 Å². The zero-order valence-corrected chi connectivity index (χ0v) is 28.3. The van der Waals surface area contributed by atoms with Crippen LogP contribution in [-0.2, 0) is 15.6 Å². The van der Waals surface area contributed by atoms with Crippen LogP contribution in [0.1, 0.15) is 101 Å². The number of thiophene rings is 1. The maximum Gasteiger partial charge on any atom is 0.172 e. The minimum atomic E-state index is -0.839. The van der Waals surface area contributed by atoms with Crippen LogP contribution in [0.15, 0.2) is 46.8 Å². The molecule has 0 spiro atoms. The largest absolute Gasteiger partial charge is 0.493 e. The van der Waals surface area contributed by atoms with Gasteiger partial charge in [-0.2, -0.15) is 15.8 Å². The standard InChI is InChI=1S/C38H42N4O2S/c1-8-9-20-43-35-25(21-31-33-32(35)37(4,5)17-19-42(33)18-16-36(31,2)3)10-11-27-12-13-28(45-27)14-15-30-29(24-41)34(26(22-39)23-40)44-38(30,6)7/h10-15,21H,8-9,16-20H2,1-7H3/b11-10+,15-14+. The summed E-state index contributed by atoms with van der Waals surface area (Å²) >= 11 is 1.65. The normalized spacial score (nSPS) is 19.2. The van der Waals surface area contributed by atoms with Gasteiger partial charge in [-0.3, -0.25) is 0 Å². The number of anilines is 1. The molecule has 2 aromatic rings. The molecule has 0 aliphatic carbocycles. The van der Waals surface area contributed by atoms with Crippen LogP contribution in [0.25, 0.3) is 18.2 Å². The molecule has 3 aliphatic rings. The van der Waals surface area contributed by atoms with Crippen molar-refractivity contribution in [2.45, 2.75) is 90.6 Å². The second-order valence-corrected chi connectivity index (χ2v) is 15.0. The molecule has 0 bridgehead atoms. The maximum absolute atomic E-state index is 9.85. The highest BCUT2D eigenvalue weighted by Crippen LogP contribution is 2.54. The van der Waals surface area contributed by atoms with Crippen LogP contribution in [0.2, 0.25) is 0 Å². The Morgan fingerprint density at radius 1 is 0.956 bits per heavy atom. The first-order valence-electron chi connectivity index (χ1n) is 15.8. The summed E-state index contributed by atoms with van der Waals surface area (Å²) < 4.78 is 12.5. The van der Waals surface area contributed by atoms with Crippen molar-refractivity contribution in [2.75, 3.05) is 24.6 Å². The molecule has 45 heavy (non-hydrogen) atoms. The van der Waals surface area contributed by atoms with E-state index < -0.39 is 5.60 Å². The number of benzene rings is 1. The van der Waals surface area contributed by atoms with Crippen molar-refractivity contribution < 1.29 is 9.47 Å². The Morgan fingerprint density at radius 3 is 2.22 bits per heavy atom. The zero-order valence-electron chi connectivity index (χ0n) is 27.5. The predicted octanol–water partition coefficient (Wildman–Crippen LogP) is 9.21. The molecule has 4 heterocycles. The lowest BCUT2D eigenvalue weighted by Gasteiger charge is -2.49. The fraction of sp³-hybridized carbons (Fsp3) is 0.447. The van der Waals surface area contributed by atoms with Crippen molar-refractivity contribution in [2.24, 2.45) is 0 Å². The van der Waals surface area contributed by atoms with Crippen LogP contribution in [0.3, 0.4) is 0 Å². The first-order chi connectivity index (χ1) is 21.4. The highest BCUT2D eigenvalue weighted by atomic mass is 32.1. The fourth-order valence-corrected chi connectivity index (χ4v) is 7.35. The topological polar surface area (TPSA) is 93.1 Å². The zero-order chi connectivity index (χ0) is 32.6. The Bertz CT molecular complexity index is 1740. The van der Waals surface area contributed by atoms with E-state index in [9.17, 15) is 15.8 Å². The molecule has 0 saturated carbocycles. The number of hydrogen-bond donors (Lipinski definition) is 0. The summed E-state index contributed by atoms with van der Waals surface area (Å²) in [6.45, 7) is 18.2. The van der Waals surface area contributed by atoms with Gasteiger partial charge in [0.2, 0.25) is 0 Å². The van der Waals surface area contributed by atoms with Crippen molar-refractivity contribution >= 4 is 35.3 Å². The molecule has 3 aliphatic heterocycles. The van der Waals surface area contributed by atoms with Gasteiger partial charge >= 0.3 is 0 Å². The molecule has 1 aromatic carbocycles. The summed E-state index contributed by atoms with van der Waals surface area (Å²) in [7, 11) is 0. The van der Waals surface area contributed by atoms with E-state index in [0.717, 1.165) is 59.8 Å². The fourth-order valence-electron chi connectivity index (χ4n) is 6.54. The Morgan fingerprint density at radius 2 is 1.60 bits per heavy atom. The summed E-state index contributed by atoms with van der Waals surface area (Å²) in [5, 5.41) is 28.5. The van der Waals surface area contributed by atoms with E-state index in [1.165, 1.54) is 16.8 Å². The molecule has 7 heteroatoms. The number of nitrogens with zero attached hydrogens (tertiary/aromatic N) is 4. The number of rotatable bonds is 8. The molecule has 1 aromatic heterocycles. The van der Waals surface area contributed by atoms with E-state index >= 15 is 0 Å². The average molecular weight is 619 g/mol. The van der Waals surface area contributed by atoms with Gasteiger partial charge in [-0.25, -0.2) is 0 Å². The maximum atomic E-state index is 9.85. The highest BCUT2D eigenvalue weighted by Gasteiger charge is 2.43. The molecule has 232 valence electrons. The number of allylic oxidation sites excluding steroid dienone is 2. The van der Waals surface area contributed by atoms with Gasteiger partial charge in [0.25, 0.3) is 0 Å². The first kappa shape index (κ1) is 32.2. The SMILES string of the molecule is CCCCOc1c(/C=C/c2ccc(/C=C/C3=C(C#N)C(=C(C#N)C#N)OC3(C)C)s2)cc2c3c1C(C)(C)CCN3CCC2(C)C. The van der Waals surface area contributed by atoms with E-state index in [2.05, 4.69) is 75.9 Å². The summed E-state index contributed by atoms with van der Waals surface area (Å²) in [5.74, 6) is 1.08. The van der Waals surface area contributed by atoms with Gasteiger partial charge in [0.05, 0.1) is 6.61 Å². The van der Waals surface area contributed by atoms with Gasteiger partial charge in [0.1, 0.15) is 35.1 Å². The molecule has 0 N–H and O–H groups in total. The van der Waals surface area contributed by atoms with Gasteiger partial charge in [0, 0.05) is 45.2 Å². The van der Waals surface area contributed by atoms with Crippen molar-refractivity contribution in [3.8, 4) is 24.0 Å². The average Bonchev–Trinajstić information content (AvgIpc) is 3.55. The summed E-state index contributed by atoms with van der Waals surface area (Å²) in [6.07, 6.45) is 12.6. The lowest BCUT2D eigenvalue weighted by Crippen LogP contribution is -2.45. The van der Waals surface area contributed by atoms with E-state index in [1.807, 2.05) is 38.1 Å². The van der Waals surface area contributed by atoms with Crippen LogP contribution in [0.5, 0.6) is 5.75 Å². The van der Waals surface area contributed by atoms with Crippen molar-refractivity contribution in [1.82, 2.24) is 0 Å². The number of ether oxygens (including phenoxy) is 2. The Labute approximate surface area is 272 Å². The molecule has 6 nitrogen and oxygen atoms in total. The van der Waals surface area contributed by atoms with Gasteiger partial charge in [0.15, 0.2) is 11.3 Å². The summed E-state index contributed by atoms with van der Waals surface area (Å²) in [4.78, 5) is 4.71. The number of hydrogen-bond acceptors (Lipinski definition) is 7. The minimum absolute atomic E-state index is 0.0191. The van der Waals surface area contributed by atoms with E-state index in [0.29, 0.717) is 12.2 Å². The van der Waals surface area contributed by atoms with Crippen molar-refractivity contribution in [3.05, 3.63) is 73.2 Å². The highest BCUT2D eigenvalue weighted by molar-refractivity contribution is 7.13. The van der Waals surface area contributed by atoms with E-state index in [-0.39, 0.29) is 27.7 Å². The minimum Gasteiger partial charge on any atom is -0.493 e. The Hall–Kier alpha value is -4.25. The molecule has 0 fully saturated rings. The smallest absolute Gasteiger partial charge is 0.172 e. The van der Waals surface area contributed by atoms with Gasteiger partial charge in [-0.1, -0.05) is 47.1 Å². The van der Waals surface area contributed by atoms with Crippen molar-refractivity contribution in [1.29, 1.82) is 15.8 Å². The molecule has 0 unspecified atom stereocenters. The summed E-state index contributed by atoms with van der Waals surface area (Å²) in [5.41, 5.74) is 5.25. The molecule has 5 rings (SSSR count). The molecule has 0 saturated heterocycles. The quantitative estimate of drug-likeness (QED) is 0.216. The Balaban J connectivity index is 1.52. The first-order valence-corrected chi connectivity index (χ1v) is 16.6. The lowest BCUT2D eigenvalue weighted by atomic mass is 9.68. The molecule has 0 atom stereocenters. The number of unbranched alkanes of at least 4 members (excludes halogenated alkanes) is 1. The molecular formula is C38H42N4O2S. The molecule has 0 radical (unpaired) electrons. The second kappa shape index (κ2) is 12.3. The number of nitriles is 3. The monoisotopic (exact) mass is 618 g/mol. The van der Waals surface area contributed by atoms with Crippen LogP contribution in [-0.4, -0.2) is 25.3 Å². The molecule has 0 amide bonds. The summed E-state index contributed by atoms with van der Waals surface area (Å²) in [6, 6.07) is 12.4. The van der Waals surface area contributed by atoms with E-state index in [1.54, 1.807) is 11.3 Å². The van der Waals surface area contributed by atoms with E-state index in [4.69, 9.17) is 9.47 Å². The van der Waals surface area contributed by atoms with Crippen LogP contribution in [0.4, 0.5) is 5.69 Å². The third kappa shape index (κ3) is 6.05. The third-order valence-electron chi connectivity index (χ3n) is 9.31. The van der Waals surface area contributed by atoms with Crippen LogP contribution >= 0.6 is 11.3 Å². The second-order valence-electron chi connectivity index (χ2n) is 13.9. The van der Waals surface area contributed by atoms with Gasteiger partial charge in [-0.15, -0.1) is 11.3 Å². The van der Waals surface area contributed by atoms with Gasteiger partial charge < -0.3 is 14.4 Å². The molecular weight excluding hydrogens is 577 g/mol. The Kier molecular flexibility index (Phi) is 8.77. The van der Waals surface area contributed by atoms with Crippen LogP contribution in [0, 0.1) is 34.0 Å². The van der Waals surface area contributed by atoms with Gasteiger partial charge in [-0.05, 0) is 85.9 Å². The van der Waals surface area contributed by atoms with Crippen molar-refractivity contribution in [3.63, 3.8) is 0 Å². The third-order valence-corrected chi connectivity index (χ3v) is 10.3. The lowest BCUT2D eigenvalue weighted by molar-refractivity contribution is 0.0954. The predicted molar refractivity (Wildman–Crippen MR) is 183 cm³/mol.